The van der Waals surface area contributed by atoms with E-state index in [0.29, 0.717) is 43.5 Å². The van der Waals surface area contributed by atoms with Gasteiger partial charge in [0.2, 0.25) is 0 Å². The van der Waals surface area contributed by atoms with Crippen molar-refractivity contribution in [3.8, 4) is 0 Å². The van der Waals surface area contributed by atoms with Crippen molar-refractivity contribution in [3.63, 3.8) is 0 Å². The quantitative estimate of drug-likeness (QED) is 0.202. The number of nitrogens with zero attached hydrogens (tertiary/aromatic N) is 1. The SMILES string of the molecule is CC1=CCCC2(C)C(CCC2(O)CN(CC23CC4CC(CC(C4)C2)C3)C(=O)NC(C)C)c2ccc(cc2C(=O)c2ccccc2)CC(O)CC1. The zero-order chi connectivity index (χ0) is 35.3. The molecule has 4 unspecified atom stereocenters. The molecule has 5 saturated carbocycles. The second kappa shape index (κ2) is 13.9. The monoisotopic (exact) mass is 680 g/mol. The van der Waals surface area contributed by atoms with Crippen LogP contribution < -0.4 is 5.32 Å². The summed E-state index contributed by atoms with van der Waals surface area (Å²) in [5.41, 5.74) is 2.96. The maximum atomic E-state index is 14.3. The molecule has 0 heterocycles. The fraction of sp³-hybridized carbons (Fsp3) is 0.636. The normalized spacial score (nSPS) is 35.0. The van der Waals surface area contributed by atoms with Gasteiger partial charge < -0.3 is 20.4 Å². The zero-order valence-corrected chi connectivity index (χ0v) is 30.9. The van der Waals surface area contributed by atoms with E-state index < -0.39 is 17.1 Å². The van der Waals surface area contributed by atoms with Gasteiger partial charge in [-0.25, -0.2) is 4.79 Å². The highest BCUT2D eigenvalue weighted by Crippen LogP contribution is 2.62. The van der Waals surface area contributed by atoms with Crippen molar-refractivity contribution in [2.45, 2.75) is 135 Å². The molecule has 0 saturated heterocycles. The summed E-state index contributed by atoms with van der Waals surface area (Å²) in [7, 11) is 0. The molecular formula is C44H60N2O4. The van der Waals surface area contributed by atoms with Crippen LogP contribution in [0.2, 0.25) is 0 Å². The molecule has 6 bridgehead atoms. The predicted octanol–water partition coefficient (Wildman–Crippen LogP) is 8.59. The number of carbonyl (C=O) groups excluding carboxylic acids is 2. The van der Waals surface area contributed by atoms with E-state index in [0.717, 1.165) is 54.6 Å². The van der Waals surface area contributed by atoms with E-state index in [1.807, 2.05) is 55.1 Å². The average Bonchev–Trinajstić information content (AvgIpc) is 3.31. The highest BCUT2D eigenvalue weighted by Gasteiger charge is 2.59. The first kappa shape index (κ1) is 35.4. The fourth-order valence-electron chi connectivity index (χ4n) is 11.7. The first-order valence-electron chi connectivity index (χ1n) is 19.7. The van der Waals surface area contributed by atoms with Gasteiger partial charge in [0.15, 0.2) is 5.78 Å². The number of hydrogen-bond acceptors (Lipinski definition) is 4. The van der Waals surface area contributed by atoms with Gasteiger partial charge in [0, 0.05) is 29.1 Å². The lowest BCUT2D eigenvalue weighted by atomic mass is 9.49. The fourth-order valence-corrected chi connectivity index (χ4v) is 11.7. The number of fused-ring (bicyclic) bond motifs is 8. The Labute approximate surface area is 300 Å². The van der Waals surface area contributed by atoms with Crippen molar-refractivity contribution in [2.75, 3.05) is 13.1 Å². The lowest BCUT2D eigenvalue weighted by Gasteiger charge is -2.58. The van der Waals surface area contributed by atoms with Crippen molar-refractivity contribution >= 4 is 11.8 Å². The molecule has 0 aliphatic heterocycles. The Bertz CT molecular complexity index is 1560. The molecule has 2 amide bonds. The van der Waals surface area contributed by atoms with Crippen LogP contribution >= 0.6 is 0 Å². The third-order valence-corrected chi connectivity index (χ3v) is 13.8. The molecule has 50 heavy (non-hydrogen) atoms. The molecule has 0 radical (unpaired) electrons. The maximum absolute atomic E-state index is 14.3. The molecule has 6 heteroatoms. The lowest BCUT2D eigenvalue weighted by Crippen LogP contribution is -2.59. The molecule has 6 nitrogen and oxygen atoms in total. The van der Waals surface area contributed by atoms with Gasteiger partial charge in [-0.3, -0.25) is 4.79 Å². The van der Waals surface area contributed by atoms with Gasteiger partial charge in [-0.15, -0.1) is 0 Å². The Balaban J connectivity index is 1.27. The third kappa shape index (κ3) is 6.96. The van der Waals surface area contributed by atoms with Crippen LogP contribution in [-0.2, 0) is 6.42 Å². The number of aliphatic hydroxyl groups is 2. The summed E-state index contributed by atoms with van der Waals surface area (Å²) in [6.07, 6.45) is 14.3. The number of allylic oxidation sites excluding steroid dienone is 2. The van der Waals surface area contributed by atoms with Crippen molar-refractivity contribution in [1.82, 2.24) is 10.2 Å². The Morgan fingerprint density at radius 3 is 2.28 bits per heavy atom. The van der Waals surface area contributed by atoms with Gasteiger partial charge in [0.25, 0.3) is 0 Å². The van der Waals surface area contributed by atoms with Crippen molar-refractivity contribution in [3.05, 3.63) is 82.4 Å². The first-order valence-corrected chi connectivity index (χ1v) is 19.7. The summed E-state index contributed by atoms with van der Waals surface area (Å²) in [5, 5.41) is 27.3. The summed E-state index contributed by atoms with van der Waals surface area (Å²) < 4.78 is 0. The average molecular weight is 681 g/mol. The van der Waals surface area contributed by atoms with E-state index in [-0.39, 0.29) is 29.2 Å². The third-order valence-electron chi connectivity index (χ3n) is 13.8. The summed E-state index contributed by atoms with van der Waals surface area (Å²) >= 11 is 0. The standard InChI is InChI=1S/C44H60N2O4/c1-29(2)45-41(49)46(27-43-24-32-19-33(25-43)21-34(20-32)26-43)28-44(50)18-16-39-37-15-13-31(23-38(37)40(48)35-10-6-5-7-11-35)22-36(47)14-12-30(3)9-8-17-42(39,44)4/h5-7,9-11,13,15,23,29,32-34,36,39,47,50H,8,12,14,16-22,24-28H2,1-4H3,(H,45,49). The summed E-state index contributed by atoms with van der Waals surface area (Å²) in [5.74, 6) is 2.27. The van der Waals surface area contributed by atoms with Gasteiger partial charge in [-0.2, -0.15) is 0 Å². The van der Waals surface area contributed by atoms with Crippen LogP contribution in [0.1, 0.15) is 138 Å². The second-order valence-corrected chi connectivity index (χ2v) is 18.0. The van der Waals surface area contributed by atoms with Crippen LogP contribution in [0.4, 0.5) is 4.79 Å². The molecule has 270 valence electrons. The minimum Gasteiger partial charge on any atom is -0.393 e. The Kier molecular flexibility index (Phi) is 9.84. The topological polar surface area (TPSA) is 89.9 Å². The second-order valence-electron chi connectivity index (χ2n) is 18.0. The minimum absolute atomic E-state index is 0.00831. The molecular weight excluding hydrogens is 620 g/mol. The van der Waals surface area contributed by atoms with Crippen LogP contribution in [0.3, 0.4) is 0 Å². The Hall–Kier alpha value is -2.96. The number of benzene rings is 2. The van der Waals surface area contributed by atoms with Gasteiger partial charge in [0.1, 0.15) is 0 Å². The van der Waals surface area contributed by atoms with Crippen LogP contribution in [0.25, 0.3) is 0 Å². The van der Waals surface area contributed by atoms with Gasteiger partial charge >= 0.3 is 6.03 Å². The number of nitrogens with one attached hydrogen (secondary N) is 1. The molecule has 0 spiro atoms. The van der Waals surface area contributed by atoms with E-state index in [2.05, 4.69) is 37.4 Å². The summed E-state index contributed by atoms with van der Waals surface area (Å²) in [4.78, 5) is 30.5. The van der Waals surface area contributed by atoms with Gasteiger partial charge in [0.05, 0.1) is 18.2 Å². The molecule has 7 aliphatic carbocycles. The molecule has 2 aromatic carbocycles. The van der Waals surface area contributed by atoms with Crippen molar-refractivity contribution in [2.24, 2.45) is 28.6 Å². The molecule has 4 atom stereocenters. The number of carbonyl (C=O) groups is 2. The number of aliphatic hydroxyl groups excluding tert-OH is 1. The van der Waals surface area contributed by atoms with Gasteiger partial charge in [-0.1, -0.05) is 61.0 Å². The minimum atomic E-state index is -1.13. The van der Waals surface area contributed by atoms with E-state index >= 15 is 0 Å². The highest BCUT2D eigenvalue weighted by atomic mass is 16.3. The Morgan fingerprint density at radius 1 is 0.940 bits per heavy atom. The van der Waals surface area contributed by atoms with Crippen LogP contribution in [0, 0.1) is 28.6 Å². The smallest absolute Gasteiger partial charge is 0.317 e. The number of hydrogen-bond donors (Lipinski definition) is 3. The van der Waals surface area contributed by atoms with E-state index in [4.69, 9.17) is 0 Å². The Morgan fingerprint density at radius 2 is 1.62 bits per heavy atom. The number of rotatable bonds is 7. The van der Waals surface area contributed by atoms with Crippen LogP contribution in [0.15, 0.2) is 60.2 Å². The van der Waals surface area contributed by atoms with Crippen LogP contribution in [-0.4, -0.2) is 57.8 Å². The number of ketones is 1. The van der Waals surface area contributed by atoms with E-state index in [1.165, 1.54) is 44.1 Å². The van der Waals surface area contributed by atoms with Crippen molar-refractivity contribution in [1.29, 1.82) is 0 Å². The first-order chi connectivity index (χ1) is 23.9. The van der Waals surface area contributed by atoms with Crippen molar-refractivity contribution < 1.29 is 19.8 Å². The van der Waals surface area contributed by atoms with Gasteiger partial charge in [-0.05, 0) is 151 Å². The summed E-state index contributed by atoms with van der Waals surface area (Å²) in [6.45, 7) is 9.43. The largest absolute Gasteiger partial charge is 0.393 e. The summed E-state index contributed by atoms with van der Waals surface area (Å²) in [6, 6.07) is 15.6. The predicted molar refractivity (Wildman–Crippen MR) is 199 cm³/mol. The van der Waals surface area contributed by atoms with E-state index in [9.17, 15) is 19.8 Å². The number of amides is 2. The molecule has 9 rings (SSSR count). The van der Waals surface area contributed by atoms with Crippen LogP contribution in [0.5, 0.6) is 0 Å². The molecule has 5 fully saturated rings. The maximum Gasteiger partial charge on any atom is 0.317 e. The van der Waals surface area contributed by atoms with E-state index in [1.54, 1.807) is 0 Å². The molecule has 2 aromatic rings. The number of urea groups is 1. The zero-order valence-electron chi connectivity index (χ0n) is 30.9. The molecule has 3 N–H and O–H groups in total. The highest BCUT2D eigenvalue weighted by molar-refractivity contribution is 6.10. The molecule has 7 aliphatic rings. The lowest BCUT2D eigenvalue weighted by molar-refractivity contribution is -0.0985. The molecule has 0 aromatic heterocycles.